The molecule has 0 spiro atoms. The maximum absolute atomic E-state index is 5.78. The largest absolute Gasteiger partial charge is 0.443 e. The molecule has 0 amide bonds. The number of oxazole rings is 1. The first-order valence-corrected chi connectivity index (χ1v) is 8.58. The molecule has 1 rings (SSSR count). The third-order valence-corrected chi connectivity index (χ3v) is 3.71. The Morgan fingerprint density at radius 3 is 2.38 bits per heavy atom. The first kappa shape index (κ1) is 20.5. The Labute approximate surface area is 146 Å². The molecule has 1 atom stereocenters. The summed E-state index contributed by atoms with van der Waals surface area (Å²) in [6.07, 6.45) is 1.88. The number of rotatable bonds is 6. The van der Waals surface area contributed by atoms with Crippen LogP contribution in [0.5, 0.6) is 0 Å². The number of guanidine groups is 1. The van der Waals surface area contributed by atoms with Crippen molar-refractivity contribution in [2.24, 2.45) is 10.4 Å². The Hall–Kier alpha value is -1.56. The maximum atomic E-state index is 5.78. The van der Waals surface area contributed by atoms with Gasteiger partial charge in [-0.2, -0.15) is 0 Å². The molecule has 2 N–H and O–H groups in total. The van der Waals surface area contributed by atoms with E-state index in [0.717, 1.165) is 18.3 Å². The first-order chi connectivity index (χ1) is 11.1. The molecule has 0 fully saturated rings. The molecule has 6 nitrogen and oxygen atoms in total. The Bertz CT molecular complexity index is 524. The third-order valence-electron chi connectivity index (χ3n) is 3.71. The number of aromatic nitrogens is 1. The normalized spacial score (nSPS) is 14.6. The lowest BCUT2D eigenvalue weighted by molar-refractivity contribution is 0.0205. The molecule has 1 aromatic heterocycles. The van der Waals surface area contributed by atoms with Crippen LogP contribution in [0.25, 0.3) is 0 Å². The van der Waals surface area contributed by atoms with Crippen LogP contribution < -0.4 is 10.6 Å². The Kier molecular flexibility index (Phi) is 7.27. The van der Waals surface area contributed by atoms with Gasteiger partial charge in [0, 0.05) is 25.6 Å². The maximum Gasteiger partial charge on any atom is 0.216 e. The van der Waals surface area contributed by atoms with Crippen molar-refractivity contribution in [2.75, 3.05) is 20.2 Å². The van der Waals surface area contributed by atoms with Gasteiger partial charge in [0.1, 0.15) is 12.3 Å². The molecule has 0 radical (unpaired) electrons. The van der Waals surface area contributed by atoms with E-state index in [1.807, 2.05) is 6.92 Å². The second-order valence-electron chi connectivity index (χ2n) is 8.03. The Balaban J connectivity index is 2.70. The number of hydrogen-bond donors (Lipinski definition) is 2. The molecule has 138 valence electrons. The van der Waals surface area contributed by atoms with Crippen LogP contribution in [-0.4, -0.2) is 37.2 Å². The summed E-state index contributed by atoms with van der Waals surface area (Å²) in [5, 5.41) is 6.56. The van der Waals surface area contributed by atoms with Crippen LogP contribution >= 0.6 is 0 Å². The summed E-state index contributed by atoms with van der Waals surface area (Å²) in [6, 6.07) is 0. The highest BCUT2D eigenvalue weighted by Gasteiger charge is 2.24. The molecule has 0 aliphatic heterocycles. The minimum Gasteiger partial charge on any atom is -0.443 e. The number of nitrogens with one attached hydrogen (secondary N) is 2. The number of aliphatic imine (C=N–C) groups is 1. The summed E-state index contributed by atoms with van der Waals surface area (Å²) in [5.74, 6) is 2.23. The SMILES string of the molecule is CCNC(=NCc1ncc(C(C)(C)C)o1)NCC(OC)C(C)(C)C. The third kappa shape index (κ3) is 6.51. The van der Waals surface area contributed by atoms with Gasteiger partial charge in [-0.1, -0.05) is 41.5 Å². The molecule has 0 saturated carbocycles. The van der Waals surface area contributed by atoms with Gasteiger partial charge in [0.15, 0.2) is 5.96 Å². The van der Waals surface area contributed by atoms with Gasteiger partial charge in [-0.3, -0.25) is 0 Å². The van der Waals surface area contributed by atoms with Crippen LogP contribution in [0.4, 0.5) is 0 Å². The Morgan fingerprint density at radius 1 is 1.25 bits per heavy atom. The molecule has 1 heterocycles. The predicted molar refractivity (Wildman–Crippen MR) is 98.3 cm³/mol. The first-order valence-electron chi connectivity index (χ1n) is 8.58. The van der Waals surface area contributed by atoms with Crippen LogP contribution in [0.1, 0.15) is 60.1 Å². The molecule has 24 heavy (non-hydrogen) atoms. The zero-order valence-electron chi connectivity index (χ0n) is 16.5. The second-order valence-corrected chi connectivity index (χ2v) is 8.03. The summed E-state index contributed by atoms with van der Waals surface area (Å²) in [4.78, 5) is 8.86. The minimum atomic E-state index is -0.0455. The summed E-state index contributed by atoms with van der Waals surface area (Å²) in [7, 11) is 1.74. The van der Waals surface area contributed by atoms with E-state index in [4.69, 9.17) is 9.15 Å². The van der Waals surface area contributed by atoms with Gasteiger partial charge in [0.2, 0.25) is 5.89 Å². The Morgan fingerprint density at radius 2 is 1.92 bits per heavy atom. The van der Waals surface area contributed by atoms with Crippen molar-refractivity contribution in [1.82, 2.24) is 15.6 Å². The van der Waals surface area contributed by atoms with Gasteiger partial charge >= 0.3 is 0 Å². The van der Waals surface area contributed by atoms with E-state index in [1.165, 1.54) is 0 Å². The van der Waals surface area contributed by atoms with Crippen molar-refractivity contribution < 1.29 is 9.15 Å². The predicted octanol–water partition coefficient (Wildman–Crippen LogP) is 3.09. The molecule has 0 bridgehead atoms. The fourth-order valence-electron chi connectivity index (χ4n) is 2.15. The zero-order chi connectivity index (χ0) is 18.4. The monoisotopic (exact) mass is 338 g/mol. The van der Waals surface area contributed by atoms with Crippen LogP contribution in [0, 0.1) is 5.41 Å². The van der Waals surface area contributed by atoms with Gasteiger partial charge in [0.05, 0.1) is 12.3 Å². The van der Waals surface area contributed by atoms with E-state index in [2.05, 4.69) is 62.2 Å². The molecule has 1 aromatic rings. The molecular formula is C18H34N4O2. The molecule has 6 heteroatoms. The summed E-state index contributed by atoms with van der Waals surface area (Å²) < 4.78 is 11.3. The van der Waals surface area contributed by atoms with E-state index in [9.17, 15) is 0 Å². The van der Waals surface area contributed by atoms with Gasteiger partial charge in [-0.05, 0) is 12.3 Å². The van der Waals surface area contributed by atoms with Crippen LogP contribution in [0.15, 0.2) is 15.6 Å². The average Bonchev–Trinajstić information content (AvgIpc) is 2.92. The van der Waals surface area contributed by atoms with Crippen LogP contribution in [0.3, 0.4) is 0 Å². The minimum absolute atomic E-state index is 0.0455. The van der Waals surface area contributed by atoms with Crippen molar-refractivity contribution >= 4 is 5.96 Å². The van der Waals surface area contributed by atoms with Crippen LogP contribution in [0.2, 0.25) is 0 Å². The lowest BCUT2D eigenvalue weighted by Crippen LogP contribution is -2.45. The highest BCUT2D eigenvalue weighted by molar-refractivity contribution is 5.79. The summed E-state index contributed by atoms with van der Waals surface area (Å²) in [6.45, 7) is 16.7. The van der Waals surface area contributed by atoms with Crippen LogP contribution in [-0.2, 0) is 16.7 Å². The lowest BCUT2D eigenvalue weighted by atomic mass is 9.89. The fourth-order valence-corrected chi connectivity index (χ4v) is 2.15. The van der Waals surface area contributed by atoms with Crippen molar-refractivity contribution in [1.29, 1.82) is 0 Å². The van der Waals surface area contributed by atoms with Gasteiger partial charge < -0.3 is 19.8 Å². The van der Waals surface area contributed by atoms with E-state index in [1.54, 1.807) is 13.3 Å². The highest BCUT2D eigenvalue weighted by atomic mass is 16.5. The zero-order valence-corrected chi connectivity index (χ0v) is 16.5. The van der Waals surface area contributed by atoms with E-state index >= 15 is 0 Å². The highest BCUT2D eigenvalue weighted by Crippen LogP contribution is 2.23. The standard InChI is InChI=1S/C18H34N4O2/c1-9-19-16(21-10-13(23-8)17(2,3)4)22-12-15-20-11-14(24-15)18(5,6)7/h11,13H,9-10,12H2,1-8H3,(H2,19,21,22). The van der Waals surface area contributed by atoms with Crippen molar-refractivity contribution in [3.63, 3.8) is 0 Å². The molecule has 1 unspecified atom stereocenters. The lowest BCUT2D eigenvalue weighted by Gasteiger charge is -2.30. The second kappa shape index (κ2) is 8.51. The average molecular weight is 338 g/mol. The smallest absolute Gasteiger partial charge is 0.216 e. The molecular weight excluding hydrogens is 304 g/mol. The number of hydrogen-bond acceptors (Lipinski definition) is 4. The van der Waals surface area contributed by atoms with E-state index in [-0.39, 0.29) is 16.9 Å². The fraction of sp³-hybridized carbons (Fsp3) is 0.778. The van der Waals surface area contributed by atoms with Gasteiger partial charge in [-0.25, -0.2) is 9.98 Å². The number of nitrogens with zero attached hydrogens (tertiary/aromatic N) is 2. The van der Waals surface area contributed by atoms with Crippen molar-refractivity contribution in [2.45, 2.75) is 66.5 Å². The molecule has 0 aliphatic rings. The molecule has 0 saturated heterocycles. The summed E-state index contributed by atoms with van der Waals surface area (Å²) >= 11 is 0. The van der Waals surface area contributed by atoms with Gasteiger partial charge in [0.25, 0.3) is 0 Å². The molecule has 0 aliphatic carbocycles. The van der Waals surface area contributed by atoms with E-state index in [0.29, 0.717) is 19.0 Å². The van der Waals surface area contributed by atoms with Crippen molar-refractivity contribution in [3.8, 4) is 0 Å². The topological polar surface area (TPSA) is 71.7 Å². The quantitative estimate of drug-likeness (QED) is 0.616. The number of methoxy groups -OCH3 is 1. The van der Waals surface area contributed by atoms with Gasteiger partial charge in [-0.15, -0.1) is 0 Å². The van der Waals surface area contributed by atoms with E-state index < -0.39 is 0 Å². The number of ether oxygens (including phenoxy) is 1. The van der Waals surface area contributed by atoms with Crippen molar-refractivity contribution in [3.05, 3.63) is 17.8 Å². The molecule has 0 aromatic carbocycles. The summed E-state index contributed by atoms with van der Waals surface area (Å²) in [5.41, 5.74) is 0.0133.